The number of rotatable bonds is 10. The highest BCUT2D eigenvalue weighted by molar-refractivity contribution is 7.88. The Kier molecular flexibility index (Phi) is 8.66. The van der Waals surface area contributed by atoms with Gasteiger partial charge in [0.1, 0.15) is 0 Å². The fourth-order valence-corrected chi connectivity index (χ4v) is 5.33. The number of nitrogens with zero attached hydrogens (tertiary/aromatic N) is 3. The van der Waals surface area contributed by atoms with Crippen LogP contribution in [-0.2, 0) is 29.5 Å². The van der Waals surface area contributed by atoms with E-state index < -0.39 is 10.0 Å². The summed E-state index contributed by atoms with van der Waals surface area (Å²) in [7, 11) is -3.45. The molecule has 0 saturated heterocycles. The number of nitriles is 1. The van der Waals surface area contributed by atoms with Gasteiger partial charge in [0.05, 0.1) is 24.4 Å². The van der Waals surface area contributed by atoms with Crippen molar-refractivity contribution < 1.29 is 8.42 Å². The molecule has 0 unspecified atom stereocenters. The molecular weight excluding hydrogens is 458 g/mol. The van der Waals surface area contributed by atoms with Crippen molar-refractivity contribution in [2.75, 3.05) is 6.26 Å². The molecule has 0 fully saturated rings. The molecule has 0 saturated carbocycles. The number of hydrogen-bond acceptors (Lipinski definition) is 4. The van der Waals surface area contributed by atoms with Crippen molar-refractivity contribution in [3.05, 3.63) is 93.4 Å². The van der Waals surface area contributed by atoms with Gasteiger partial charge in [-0.3, -0.25) is 4.79 Å². The van der Waals surface area contributed by atoms with Crippen molar-refractivity contribution in [3.8, 4) is 17.2 Å². The van der Waals surface area contributed by atoms with Crippen LogP contribution >= 0.6 is 0 Å². The first-order valence-corrected chi connectivity index (χ1v) is 13.8. The van der Waals surface area contributed by atoms with Crippen LogP contribution in [0.4, 0.5) is 0 Å². The second-order valence-corrected chi connectivity index (χ2v) is 11.0. The molecule has 0 radical (unpaired) electrons. The maximum Gasteiger partial charge on any atom is 0.255 e. The van der Waals surface area contributed by atoms with Crippen molar-refractivity contribution >= 4 is 10.0 Å². The molecule has 3 rings (SSSR count). The zero-order valence-corrected chi connectivity index (χ0v) is 21.7. The van der Waals surface area contributed by atoms with Crippen molar-refractivity contribution in [2.45, 2.75) is 59.2 Å². The number of hydrogen-bond donors (Lipinski definition) is 0. The van der Waals surface area contributed by atoms with Gasteiger partial charge in [-0.15, -0.1) is 0 Å². The molecule has 0 atom stereocenters. The molecule has 2 aromatic carbocycles. The van der Waals surface area contributed by atoms with E-state index in [4.69, 9.17) is 0 Å². The van der Waals surface area contributed by atoms with Gasteiger partial charge in [0.25, 0.3) is 5.56 Å². The maximum atomic E-state index is 13.5. The number of aromatic nitrogens is 1. The first-order chi connectivity index (χ1) is 16.7. The number of sulfonamides is 1. The van der Waals surface area contributed by atoms with Crippen LogP contribution in [0.1, 0.15) is 56.0 Å². The standard InChI is InChI=1S/C28H33N3O3S/c1-5-6-10-26-17-16-25(20-31(21(2)3)35(4,33)34)28(32)30(26)19-22-12-14-23(15-13-22)27-11-8-7-9-24(27)18-29/h7-9,11-17,21H,5-6,10,19-20H2,1-4H3. The van der Waals surface area contributed by atoms with Gasteiger partial charge in [-0.25, -0.2) is 8.42 Å². The smallest absolute Gasteiger partial charge is 0.255 e. The molecule has 0 N–H and O–H groups in total. The van der Waals surface area contributed by atoms with Gasteiger partial charge in [-0.05, 0) is 55.5 Å². The third-order valence-corrected chi connectivity index (χ3v) is 7.51. The summed E-state index contributed by atoms with van der Waals surface area (Å²) >= 11 is 0. The number of benzene rings is 2. The van der Waals surface area contributed by atoms with Crippen LogP contribution in [-0.4, -0.2) is 29.6 Å². The number of aryl methyl sites for hydroxylation is 1. The van der Waals surface area contributed by atoms with Crippen LogP contribution in [0.5, 0.6) is 0 Å². The Balaban J connectivity index is 1.97. The zero-order chi connectivity index (χ0) is 25.6. The Bertz CT molecular complexity index is 1370. The minimum atomic E-state index is -3.45. The van der Waals surface area contributed by atoms with Gasteiger partial charge in [-0.2, -0.15) is 9.57 Å². The lowest BCUT2D eigenvalue weighted by atomic mass is 9.99. The first kappa shape index (κ1) is 26.4. The van der Waals surface area contributed by atoms with Crippen molar-refractivity contribution in [1.82, 2.24) is 8.87 Å². The Labute approximate surface area is 208 Å². The molecule has 0 amide bonds. The summed E-state index contributed by atoms with van der Waals surface area (Å²) in [6.45, 7) is 6.17. The second-order valence-electron chi connectivity index (χ2n) is 9.10. The van der Waals surface area contributed by atoms with Crippen LogP contribution in [0.25, 0.3) is 11.1 Å². The molecule has 3 aromatic rings. The molecule has 0 aliphatic rings. The van der Waals surface area contributed by atoms with E-state index in [2.05, 4.69) is 13.0 Å². The fourth-order valence-electron chi connectivity index (χ4n) is 4.19. The molecule has 1 heterocycles. The fraction of sp³-hybridized carbons (Fsp3) is 0.357. The van der Waals surface area contributed by atoms with Gasteiger partial charge in [-0.1, -0.05) is 61.9 Å². The summed E-state index contributed by atoms with van der Waals surface area (Å²) in [6.07, 6.45) is 3.93. The highest BCUT2D eigenvalue weighted by atomic mass is 32.2. The molecule has 0 aliphatic carbocycles. The van der Waals surface area contributed by atoms with Gasteiger partial charge in [0, 0.05) is 23.8 Å². The molecule has 1 aromatic heterocycles. The first-order valence-electron chi connectivity index (χ1n) is 11.9. The highest BCUT2D eigenvalue weighted by Gasteiger charge is 2.22. The predicted molar refractivity (Wildman–Crippen MR) is 141 cm³/mol. The summed E-state index contributed by atoms with van der Waals surface area (Å²) in [4.78, 5) is 13.5. The van der Waals surface area contributed by atoms with Gasteiger partial charge >= 0.3 is 0 Å². The van der Waals surface area contributed by atoms with E-state index in [1.807, 2.05) is 48.5 Å². The average Bonchev–Trinajstić information content (AvgIpc) is 2.83. The normalized spacial score (nSPS) is 11.7. The van der Waals surface area contributed by atoms with Crippen LogP contribution in [0.2, 0.25) is 0 Å². The summed E-state index contributed by atoms with van der Waals surface area (Å²) in [5.74, 6) is 0. The second kappa shape index (κ2) is 11.5. The molecule has 0 spiro atoms. The predicted octanol–water partition coefficient (Wildman–Crippen LogP) is 4.95. The largest absolute Gasteiger partial charge is 0.308 e. The molecule has 184 valence electrons. The SMILES string of the molecule is CCCCc1ccc(CN(C(C)C)S(C)(=O)=O)c(=O)n1Cc1ccc(-c2ccccc2C#N)cc1. The van der Waals surface area contributed by atoms with E-state index in [0.29, 0.717) is 17.7 Å². The van der Waals surface area contributed by atoms with Gasteiger partial charge in [0.15, 0.2) is 0 Å². The lowest BCUT2D eigenvalue weighted by molar-refractivity contribution is 0.349. The van der Waals surface area contributed by atoms with Crippen molar-refractivity contribution in [2.24, 2.45) is 0 Å². The van der Waals surface area contributed by atoms with Crippen LogP contribution in [0.15, 0.2) is 65.5 Å². The van der Waals surface area contributed by atoms with Crippen LogP contribution < -0.4 is 5.56 Å². The lowest BCUT2D eigenvalue weighted by Crippen LogP contribution is -2.38. The molecule has 35 heavy (non-hydrogen) atoms. The average molecular weight is 492 g/mol. The van der Waals surface area contributed by atoms with E-state index in [1.54, 1.807) is 30.5 Å². The summed E-state index contributed by atoms with van der Waals surface area (Å²) in [6, 6.07) is 21.1. The van der Waals surface area contributed by atoms with Crippen LogP contribution in [0, 0.1) is 11.3 Å². The third-order valence-electron chi connectivity index (χ3n) is 6.11. The molecule has 0 bridgehead atoms. The van der Waals surface area contributed by atoms with E-state index in [9.17, 15) is 18.5 Å². The van der Waals surface area contributed by atoms with Crippen molar-refractivity contribution in [3.63, 3.8) is 0 Å². The Hall–Kier alpha value is -3.21. The highest BCUT2D eigenvalue weighted by Crippen LogP contribution is 2.24. The minimum absolute atomic E-state index is 0.0489. The lowest BCUT2D eigenvalue weighted by Gasteiger charge is -2.24. The summed E-state index contributed by atoms with van der Waals surface area (Å²) < 4.78 is 27.6. The number of pyridine rings is 1. The van der Waals surface area contributed by atoms with E-state index in [-0.39, 0.29) is 18.1 Å². The number of unbranched alkanes of at least 4 members (excludes halogenated alkanes) is 1. The third kappa shape index (κ3) is 6.47. The maximum absolute atomic E-state index is 13.5. The summed E-state index contributed by atoms with van der Waals surface area (Å²) in [5, 5.41) is 9.40. The molecule has 0 aliphatic heterocycles. The van der Waals surface area contributed by atoms with E-state index >= 15 is 0 Å². The Morgan fingerprint density at radius 2 is 1.71 bits per heavy atom. The van der Waals surface area contributed by atoms with E-state index in [0.717, 1.165) is 41.6 Å². The molecule has 6 nitrogen and oxygen atoms in total. The van der Waals surface area contributed by atoms with Gasteiger partial charge < -0.3 is 4.57 Å². The van der Waals surface area contributed by atoms with Crippen LogP contribution in [0.3, 0.4) is 0 Å². The molecular formula is C28H33N3O3S. The minimum Gasteiger partial charge on any atom is -0.308 e. The van der Waals surface area contributed by atoms with E-state index in [1.165, 1.54) is 10.6 Å². The Morgan fingerprint density at radius 1 is 1.03 bits per heavy atom. The molecule has 7 heteroatoms. The van der Waals surface area contributed by atoms with Gasteiger partial charge in [0.2, 0.25) is 10.0 Å². The monoisotopic (exact) mass is 491 g/mol. The topological polar surface area (TPSA) is 83.2 Å². The summed E-state index contributed by atoms with van der Waals surface area (Å²) in [5.41, 5.74) is 4.64. The quantitative estimate of drug-likeness (QED) is 0.402. The Morgan fingerprint density at radius 3 is 2.31 bits per heavy atom. The van der Waals surface area contributed by atoms with Crippen molar-refractivity contribution in [1.29, 1.82) is 5.26 Å². The zero-order valence-electron chi connectivity index (χ0n) is 20.9.